The Morgan fingerprint density at radius 2 is 1.41 bits per heavy atom. The number of rotatable bonds is 2. The number of para-hydroxylation sites is 1. The second-order valence-corrected chi connectivity index (χ2v) is 9.57. The number of hydrogen-bond donors (Lipinski definition) is 0. The van der Waals surface area contributed by atoms with E-state index in [2.05, 4.69) is 54.0 Å². The predicted molar refractivity (Wildman–Crippen MR) is 159 cm³/mol. The Morgan fingerprint density at radius 1 is 0.692 bits per heavy atom. The molecule has 1 aliphatic rings. The molecule has 1 aliphatic heterocycles. The first-order valence-electron chi connectivity index (χ1n) is 12.9. The maximum Gasteiger partial charge on any atom is 0.194 e. The van der Waals surface area contributed by atoms with Crippen LogP contribution in [0.4, 0.5) is 11.4 Å². The van der Waals surface area contributed by atoms with Crippen molar-refractivity contribution in [3.8, 4) is 5.69 Å². The fourth-order valence-corrected chi connectivity index (χ4v) is 5.33. The summed E-state index contributed by atoms with van der Waals surface area (Å²) in [4.78, 5) is 17.3. The number of allylic oxidation sites excluding steroid dienone is 4. The summed E-state index contributed by atoms with van der Waals surface area (Å²) >= 11 is 0. The van der Waals surface area contributed by atoms with E-state index in [9.17, 15) is 4.79 Å². The van der Waals surface area contributed by atoms with Gasteiger partial charge in [0.15, 0.2) is 5.78 Å². The summed E-state index contributed by atoms with van der Waals surface area (Å²) in [7, 11) is 0. The van der Waals surface area contributed by atoms with Crippen LogP contribution in [0.3, 0.4) is 0 Å². The summed E-state index contributed by atoms with van der Waals surface area (Å²) in [5, 5.41) is 14.2. The number of aromatic nitrogens is 3. The minimum atomic E-state index is -0.0885. The molecule has 7 rings (SSSR count). The van der Waals surface area contributed by atoms with E-state index in [1.165, 1.54) is 0 Å². The maximum absolute atomic E-state index is 13.3. The van der Waals surface area contributed by atoms with Gasteiger partial charge in [-0.2, -0.15) is 0 Å². The number of anilines is 2. The first-order chi connectivity index (χ1) is 19.2. The second-order valence-electron chi connectivity index (χ2n) is 9.57. The van der Waals surface area contributed by atoms with Crippen molar-refractivity contribution in [2.75, 3.05) is 11.4 Å². The van der Waals surface area contributed by atoms with Crippen LogP contribution in [0.2, 0.25) is 0 Å². The fourth-order valence-electron chi connectivity index (χ4n) is 5.33. The van der Waals surface area contributed by atoms with E-state index in [1.54, 1.807) is 10.9 Å². The molecule has 0 atom stereocenters. The Kier molecular flexibility index (Phi) is 5.41. The molecule has 0 amide bonds. The summed E-state index contributed by atoms with van der Waals surface area (Å²) < 4.78 is 0. The number of benzene rings is 5. The summed E-state index contributed by atoms with van der Waals surface area (Å²) in [6.45, 7) is 4.58. The van der Waals surface area contributed by atoms with Crippen molar-refractivity contribution in [2.45, 2.75) is 0 Å². The summed E-state index contributed by atoms with van der Waals surface area (Å²) in [6, 6.07) is 32.5. The van der Waals surface area contributed by atoms with E-state index in [0.717, 1.165) is 49.6 Å². The Hall–Kier alpha value is -5.29. The van der Waals surface area contributed by atoms with Crippen LogP contribution in [0.25, 0.3) is 38.3 Å². The molecule has 0 N–H and O–H groups in total. The Labute approximate surface area is 225 Å². The zero-order valence-corrected chi connectivity index (χ0v) is 21.2. The van der Waals surface area contributed by atoms with Gasteiger partial charge in [-0.15, -0.1) is 15.0 Å². The summed E-state index contributed by atoms with van der Waals surface area (Å²) in [5.41, 5.74) is 5.40. The number of Topliss-reactive ketones (excluding diaryl/α,β-unsaturated/α-hetero) is 1. The lowest BCUT2D eigenvalue weighted by molar-refractivity contribution is 0.103. The van der Waals surface area contributed by atoms with Crippen LogP contribution < -0.4 is 4.90 Å². The molecule has 0 aliphatic carbocycles. The first kappa shape index (κ1) is 22.9. The van der Waals surface area contributed by atoms with Crippen molar-refractivity contribution in [1.29, 1.82) is 0 Å². The van der Waals surface area contributed by atoms with E-state index in [0.29, 0.717) is 17.7 Å². The molecule has 0 spiro atoms. The van der Waals surface area contributed by atoms with Gasteiger partial charge in [-0.3, -0.25) is 4.79 Å². The van der Waals surface area contributed by atoms with Crippen LogP contribution in [0.1, 0.15) is 10.4 Å². The number of carbonyl (C=O) groups is 1. The highest BCUT2D eigenvalue weighted by Gasteiger charge is 2.22. The van der Waals surface area contributed by atoms with Gasteiger partial charge in [0.25, 0.3) is 0 Å². The third-order valence-corrected chi connectivity index (χ3v) is 7.21. The van der Waals surface area contributed by atoms with Crippen LogP contribution in [0, 0.1) is 0 Å². The number of hydrogen-bond acceptors (Lipinski definition) is 4. The maximum atomic E-state index is 13.3. The van der Waals surface area contributed by atoms with E-state index < -0.39 is 0 Å². The minimum absolute atomic E-state index is 0.0885. The highest BCUT2D eigenvalue weighted by atomic mass is 16.1. The topological polar surface area (TPSA) is 51.0 Å². The molecule has 39 heavy (non-hydrogen) atoms. The Morgan fingerprint density at radius 3 is 2.31 bits per heavy atom. The van der Waals surface area contributed by atoms with Crippen molar-refractivity contribution in [3.05, 3.63) is 139 Å². The van der Waals surface area contributed by atoms with Gasteiger partial charge in [-0.25, -0.2) is 0 Å². The average molecular weight is 505 g/mol. The molecular weight excluding hydrogens is 480 g/mol. The van der Waals surface area contributed by atoms with Crippen LogP contribution in [0.15, 0.2) is 134 Å². The normalized spacial score (nSPS) is 15.5. The molecule has 0 radical (unpaired) electrons. The Balaban J connectivity index is 1.48. The zero-order valence-electron chi connectivity index (χ0n) is 21.2. The number of carbonyl (C=O) groups excluding carboxylic acids is 1. The van der Waals surface area contributed by atoms with E-state index in [4.69, 9.17) is 10.2 Å². The molecule has 5 aromatic carbocycles. The first-order valence-corrected chi connectivity index (χ1v) is 12.9. The van der Waals surface area contributed by atoms with Crippen molar-refractivity contribution in [2.24, 2.45) is 0 Å². The fraction of sp³-hybridized carbons (Fsp3) is 0.0294. The standard InChI is InChI=1S/C34H24N4O/c1-23-12-3-2-10-21-37(30-19-9-8-18-28(30)34(23)39)32-22-29-33(27-17-7-6-16-26(27)32)36-38(35-29)31-20-11-14-24-13-4-5-15-25(24)31/h2-20,22H,1,21H2/b10-2-,12-3-. The molecule has 5 heteroatoms. The van der Waals surface area contributed by atoms with Crippen LogP contribution in [-0.2, 0) is 0 Å². The van der Waals surface area contributed by atoms with Crippen LogP contribution in [-0.4, -0.2) is 27.3 Å². The van der Waals surface area contributed by atoms with Crippen molar-refractivity contribution < 1.29 is 4.79 Å². The van der Waals surface area contributed by atoms with Gasteiger partial charge in [0.2, 0.25) is 0 Å². The monoisotopic (exact) mass is 504 g/mol. The lowest BCUT2D eigenvalue weighted by Gasteiger charge is -2.27. The SMILES string of the molecule is C=C1/C=C\C=C/CN(c2cc3nn(-c4cccc5ccccc45)nc3c3ccccc23)c2ccccc2C1=O. The van der Waals surface area contributed by atoms with Gasteiger partial charge < -0.3 is 4.90 Å². The molecular formula is C34H24N4O. The van der Waals surface area contributed by atoms with Gasteiger partial charge in [-0.1, -0.05) is 104 Å². The molecule has 0 fully saturated rings. The van der Waals surface area contributed by atoms with E-state index >= 15 is 0 Å². The van der Waals surface area contributed by atoms with Crippen molar-refractivity contribution in [3.63, 3.8) is 0 Å². The smallest absolute Gasteiger partial charge is 0.194 e. The molecule has 5 nitrogen and oxygen atoms in total. The minimum Gasteiger partial charge on any atom is -0.336 e. The lowest BCUT2D eigenvalue weighted by Crippen LogP contribution is -2.21. The van der Waals surface area contributed by atoms with Crippen LogP contribution >= 0.6 is 0 Å². The largest absolute Gasteiger partial charge is 0.336 e. The number of nitrogens with zero attached hydrogens (tertiary/aromatic N) is 4. The van der Waals surface area contributed by atoms with Crippen LogP contribution in [0.5, 0.6) is 0 Å². The van der Waals surface area contributed by atoms with Crippen molar-refractivity contribution >= 4 is 49.7 Å². The average Bonchev–Trinajstić information content (AvgIpc) is 3.42. The molecule has 2 heterocycles. The zero-order chi connectivity index (χ0) is 26.3. The predicted octanol–water partition coefficient (Wildman–Crippen LogP) is 7.73. The molecule has 1 aromatic heterocycles. The third kappa shape index (κ3) is 3.83. The summed E-state index contributed by atoms with van der Waals surface area (Å²) in [5.74, 6) is -0.0885. The lowest BCUT2D eigenvalue weighted by atomic mass is 9.99. The highest BCUT2D eigenvalue weighted by Crippen LogP contribution is 2.38. The number of fused-ring (bicyclic) bond motifs is 5. The summed E-state index contributed by atoms with van der Waals surface area (Å²) in [6.07, 6.45) is 7.67. The van der Waals surface area contributed by atoms with E-state index in [1.807, 2.05) is 72.8 Å². The second kappa shape index (κ2) is 9.23. The molecule has 0 unspecified atom stereocenters. The third-order valence-electron chi connectivity index (χ3n) is 7.21. The molecule has 0 bridgehead atoms. The van der Waals surface area contributed by atoms with Crippen molar-refractivity contribution in [1.82, 2.24) is 15.0 Å². The number of ketones is 1. The quantitative estimate of drug-likeness (QED) is 0.226. The van der Waals surface area contributed by atoms with Gasteiger partial charge in [-0.05, 0) is 29.7 Å². The van der Waals surface area contributed by atoms with Gasteiger partial charge in [0, 0.05) is 33.8 Å². The molecule has 0 saturated carbocycles. The highest BCUT2D eigenvalue weighted by molar-refractivity contribution is 6.15. The molecule has 6 aromatic rings. The Bertz CT molecular complexity index is 1990. The van der Waals surface area contributed by atoms with Gasteiger partial charge in [0.05, 0.1) is 17.1 Å². The van der Waals surface area contributed by atoms with Gasteiger partial charge in [0.1, 0.15) is 11.0 Å². The molecule has 0 saturated heterocycles. The van der Waals surface area contributed by atoms with E-state index in [-0.39, 0.29) is 5.78 Å². The molecule has 186 valence electrons. The van der Waals surface area contributed by atoms with Gasteiger partial charge >= 0.3 is 0 Å².